The lowest BCUT2D eigenvalue weighted by atomic mass is 10.1. The van der Waals surface area contributed by atoms with Gasteiger partial charge in [-0.2, -0.15) is 5.10 Å². The summed E-state index contributed by atoms with van der Waals surface area (Å²) < 4.78 is 1.79. The van der Waals surface area contributed by atoms with Crippen LogP contribution in [0.3, 0.4) is 0 Å². The molecule has 0 saturated carbocycles. The zero-order valence-corrected chi connectivity index (χ0v) is 12.5. The maximum Gasteiger partial charge on any atom is 0.129 e. The SMILES string of the molecule is CC(C)c1cc(CO)cc(N(C)Cc2cnn(C)c2)n1. The van der Waals surface area contributed by atoms with Crippen LogP contribution in [0.1, 0.15) is 36.6 Å². The van der Waals surface area contributed by atoms with Crippen LogP contribution in [0.25, 0.3) is 0 Å². The molecule has 2 aromatic heterocycles. The minimum Gasteiger partial charge on any atom is -0.392 e. The van der Waals surface area contributed by atoms with Crippen molar-refractivity contribution in [1.29, 1.82) is 0 Å². The molecule has 108 valence electrons. The van der Waals surface area contributed by atoms with E-state index in [0.29, 0.717) is 5.92 Å². The molecule has 1 N–H and O–H groups in total. The number of nitrogens with zero attached hydrogens (tertiary/aromatic N) is 4. The minimum atomic E-state index is 0.0377. The smallest absolute Gasteiger partial charge is 0.129 e. The number of aryl methyl sites for hydroxylation is 1. The minimum absolute atomic E-state index is 0.0377. The quantitative estimate of drug-likeness (QED) is 0.907. The predicted octanol–water partition coefficient (Wildman–Crippen LogP) is 2.07. The van der Waals surface area contributed by atoms with Crippen LogP contribution < -0.4 is 4.90 Å². The van der Waals surface area contributed by atoms with Crippen LogP contribution in [-0.2, 0) is 20.2 Å². The monoisotopic (exact) mass is 274 g/mol. The molecule has 0 aliphatic heterocycles. The Morgan fingerprint density at radius 3 is 2.60 bits per heavy atom. The molecule has 0 unspecified atom stereocenters. The molecule has 20 heavy (non-hydrogen) atoms. The van der Waals surface area contributed by atoms with Crippen molar-refractivity contribution >= 4 is 5.82 Å². The Bertz CT molecular complexity index is 577. The molecule has 0 spiro atoms. The van der Waals surface area contributed by atoms with Gasteiger partial charge in [0.2, 0.25) is 0 Å². The molecule has 0 fully saturated rings. The van der Waals surface area contributed by atoms with E-state index in [1.807, 2.05) is 38.6 Å². The van der Waals surface area contributed by atoms with Gasteiger partial charge in [-0.1, -0.05) is 13.8 Å². The lowest BCUT2D eigenvalue weighted by Crippen LogP contribution is -2.18. The van der Waals surface area contributed by atoms with E-state index in [4.69, 9.17) is 0 Å². The number of anilines is 1. The van der Waals surface area contributed by atoms with Crippen LogP contribution >= 0.6 is 0 Å². The number of pyridine rings is 1. The third kappa shape index (κ3) is 3.36. The lowest BCUT2D eigenvalue weighted by molar-refractivity contribution is 0.281. The molecule has 0 bridgehead atoms. The van der Waals surface area contributed by atoms with Crippen molar-refractivity contribution < 1.29 is 5.11 Å². The summed E-state index contributed by atoms with van der Waals surface area (Å²) in [6, 6.07) is 3.90. The fourth-order valence-electron chi connectivity index (χ4n) is 2.09. The first-order chi connectivity index (χ1) is 9.49. The molecule has 0 saturated heterocycles. The summed E-state index contributed by atoms with van der Waals surface area (Å²) in [7, 11) is 3.91. The molecule has 0 atom stereocenters. The summed E-state index contributed by atoms with van der Waals surface area (Å²) in [6.45, 7) is 4.99. The van der Waals surface area contributed by atoms with Crippen LogP contribution in [0.5, 0.6) is 0 Å². The molecule has 0 aliphatic rings. The van der Waals surface area contributed by atoms with Gasteiger partial charge in [0.25, 0.3) is 0 Å². The topological polar surface area (TPSA) is 54.2 Å². The number of aliphatic hydroxyl groups excluding tert-OH is 1. The van der Waals surface area contributed by atoms with E-state index in [1.54, 1.807) is 4.68 Å². The summed E-state index contributed by atoms with van der Waals surface area (Å²) in [5.41, 5.74) is 3.04. The molecular formula is C15H22N4O. The van der Waals surface area contributed by atoms with Gasteiger partial charge in [0.15, 0.2) is 0 Å². The first-order valence-electron chi connectivity index (χ1n) is 6.80. The Hall–Kier alpha value is -1.88. The highest BCUT2D eigenvalue weighted by Crippen LogP contribution is 2.20. The zero-order chi connectivity index (χ0) is 14.7. The predicted molar refractivity (Wildman–Crippen MR) is 79.6 cm³/mol. The van der Waals surface area contributed by atoms with Gasteiger partial charge in [-0.25, -0.2) is 4.98 Å². The van der Waals surface area contributed by atoms with Gasteiger partial charge in [-0.15, -0.1) is 0 Å². The summed E-state index contributed by atoms with van der Waals surface area (Å²) in [5, 5.41) is 13.6. The molecule has 0 amide bonds. The van der Waals surface area contributed by atoms with Gasteiger partial charge in [-0.05, 0) is 23.6 Å². The van der Waals surface area contributed by atoms with Crippen molar-refractivity contribution in [3.8, 4) is 0 Å². The maximum absolute atomic E-state index is 9.38. The van der Waals surface area contributed by atoms with E-state index in [0.717, 1.165) is 29.2 Å². The summed E-state index contributed by atoms with van der Waals surface area (Å²) >= 11 is 0. The Kier molecular flexibility index (Phi) is 4.39. The van der Waals surface area contributed by atoms with Gasteiger partial charge in [0.1, 0.15) is 5.82 Å². The van der Waals surface area contributed by atoms with E-state index < -0.39 is 0 Å². The third-order valence-corrected chi connectivity index (χ3v) is 3.23. The molecule has 2 aromatic rings. The Morgan fingerprint density at radius 1 is 1.30 bits per heavy atom. The first kappa shape index (κ1) is 14.5. The highest BCUT2D eigenvalue weighted by atomic mass is 16.3. The standard InChI is InChI=1S/C15H22N4O/c1-11(2)14-5-12(10-20)6-15(17-14)18(3)8-13-7-16-19(4)9-13/h5-7,9,11,20H,8,10H2,1-4H3. The van der Waals surface area contributed by atoms with E-state index in [9.17, 15) is 5.11 Å². The van der Waals surface area contributed by atoms with Crippen LogP contribution in [0.4, 0.5) is 5.82 Å². The van der Waals surface area contributed by atoms with Crippen LogP contribution in [0, 0.1) is 0 Å². The van der Waals surface area contributed by atoms with E-state index in [-0.39, 0.29) is 6.61 Å². The van der Waals surface area contributed by atoms with E-state index in [2.05, 4.69) is 28.8 Å². The van der Waals surface area contributed by atoms with Gasteiger partial charge in [0, 0.05) is 38.1 Å². The second kappa shape index (κ2) is 6.05. The zero-order valence-electron chi connectivity index (χ0n) is 12.5. The number of hydrogen-bond donors (Lipinski definition) is 1. The second-order valence-electron chi connectivity index (χ2n) is 5.45. The normalized spacial score (nSPS) is 11.1. The van der Waals surface area contributed by atoms with Crippen molar-refractivity contribution in [2.24, 2.45) is 7.05 Å². The summed E-state index contributed by atoms with van der Waals surface area (Å²) in [6.07, 6.45) is 3.85. The average Bonchev–Trinajstić information content (AvgIpc) is 2.83. The molecule has 2 heterocycles. The Labute approximate surface area is 119 Å². The number of hydrogen-bond acceptors (Lipinski definition) is 4. The van der Waals surface area contributed by atoms with Gasteiger partial charge in [0.05, 0.1) is 12.8 Å². The Morgan fingerprint density at radius 2 is 2.05 bits per heavy atom. The number of aromatic nitrogens is 3. The molecule has 5 heteroatoms. The van der Waals surface area contributed by atoms with Crippen LogP contribution in [0.15, 0.2) is 24.5 Å². The maximum atomic E-state index is 9.38. The van der Waals surface area contributed by atoms with Gasteiger partial charge < -0.3 is 10.0 Å². The molecule has 0 aromatic carbocycles. The van der Waals surface area contributed by atoms with Gasteiger partial charge in [-0.3, -0.25) is 4.68 Å². The van der Waals surface area contributed by atoms with E-state index in [1.165, 1.54) is 0 Å². The van der Waals surface area contributed by atoms with Crippen LogP contribution in [0.2, 0.25) is 0 Å². The molecule has 0 aliphatic carbocycles. The summed E-state index contributed by atoms with van der Waals surface area (Å²) in [5.74, 6) is 1.22. The second-order valence-corrected chi connectivity index (χ2v) is 5.45. The van der Waals surface area contributed by atoms with Crippen molar-refractivity contribution in [3.63, 3.8) is 0 Å². The van der Waals surface area contributed by atoms with Gasteiger partial charge >= 0.3 is 0 Å². The molecule has 0 radical (unpaired) electrons. The van der Waals surface area contributed by atoms with Crippen LogP contribution in [-0.4, -0.2) is 26.9 Å². The molecule has 5 nitrogen and oxygen atoms in total. The Balaban J connectivity index is 2.24. The third-order valence-electron chi connectivity index (χ3n) is 3.23. The number of aliphatic hydroxyl groups is 1. The fraction of sp³-hybridized carbons (Fsp3) is 0.467. The van der Waals surface area contributed by atoms with Crippen molar-refractivity contribution in [3.05, 3.63) is 41.3 Å². The van der Waals surface area contributed by atoms with Crippen molar-refractivity contribution in [2.45, 2.75) is 32.9 Å². The fourth-order valence-corrected chi connectivity index (χ4v) is 2.09. The highest BCUT2D eigenvalue weighted by Gasteiger charge is 2.10. The van der Waals surface area contributed by atoms with Crippen molar-refractivity contribution in [2.75, 3.05) is 11.9 Å². The molecule has 2 rings (SSSR count). The average molecular weight is 274 g/mol. The largest absolute Gasteiger partial charge is 0.392 e. The van der Waals surface area contributed by atoms with E-state index >= 15 is 0 Å². The lowest BCUT2D eigenvalue weighted by Gasteiger charge is -2.20. The highest BCUT2D eigenvalue weighted by molar-refractivity contribution is 5.43. The van der Waals surface area contributed by atoms with Crippen molar-refractivity contribution in [1.82, 2.24) is 14.8 Å². The first-order valence-corrected chi connectivity index (χ1v) is 6.80. The number of rotatable bonds is 5. The summed E-state index contributed by atoms with van der Waals surface area (Å²) in [4.78, 5) is 6.74. The molecular weight excluding hydrogens is 252 g/mol.